The van der Waals surface area contributed by atoms with Crippen molar-refractivity contribution >= 4 is 23.4 Å². The van der Waals surface area contributed by atoms with Crippen LogP contribution in [0.1, 0.15) is 39.3 Å². The summed E-state index contributed by atoms with van der Waals surface area (Å²) in [5.41, 5.74) is -4.21. The number of hydrogen-bond donors (Lipinski definition) is 2. The van der Waals surface area contributed by atoms with Crippen LogP contribution >= 0.6 is 0 Å². The Labute approximate surface area is 208 Å². The largest absolute Gasteiger partial charge is 0.459 e. The van der Waals surface area contributed by atoms with E-state index in [9.17, 15) is 37.7 Å². The smallest absolute Gasteiger partial charge is 0.416 e. The molecule has 0 spiro atoms. The molecular formula is C23H24F3N5O6. The van der Waals surface area contributed by atoms with Gasteiger partial charge in [0.2, 0.25) is 5.91 Å². The van der Waals surface area contributed by atoms with Crippen molar-refractivity contribution in [2.75, 3.05) is 39.3 Å². The van der Waals surface area contributed by atoms with Gasteiger partial charge in [-0.25, -0.2) is 0 Å². The van der Waals surface area contributed by atoms with E-state index in [0.29, 0.717) is 25.2 Å². The van der Waals surface area contributed by atoms with Gasteiger partial charge >= 0.3 is 6.18 Å². The van der Waals surface area contributed by atoms with Gasteiger partial charge in [-0.3, -0.25) is 24.5 Å². The summed E-state index contributed by atoms with van der Waals surface area (Å²) in [4.78, 5) is 52.4. The van der Waals surface area contributed by atoms with Gasteiger partial charge in [0.15, 0.2) is 5.76 Å². The molecule has 2 N–H and O–H groups in total. The normalized spacial score (nSPS) is 17.8. The molecule has 11 nitrogen and oxygen atoms in total. The van der Waals surface area contributed by atoms with Crippen LogP contribution in [0.15, 0.2) is 41.0 Å². The lowest BCUT2D eigenvalue weighted by molar-refractivity contribution is -0.385. The third kappa shape index (κ3) is 5.58. The summed E-state index contributed by atoms with van der Waals surface area (Å²) in [7, 11) is 0. The molecule has 2 aromatic rings. The standard InChI is InChI=1S/C23H24F3N5O6/c24-23(25,26)16-12-15(13-17(14-16)31(35)36)19(32)28-22(3-5-27-6-4-22)21(34)30-9-7-29(8-10-30)20(33)18-2-1-11-37-18/h1-2,11-14,27H,3-10H2,(H,28,32). The number of piperazine rings is 1. The molecule has 3 amide bonds. The number of carbonyl (C=O) groups is 3. The Balaban J connectivity index is 1.52. The van der Waals surface area contributed by atoms with Gasteiger partial charge < -0.3 is 24.9 Å². The van der Waals surface area contributed by atoms with Crippen LogP contribution in [0, 0.1) is 10.1 Å². The number of benzene rings is 1. The SMILES string of the molecule is O=C(NC1(C(=O)N2CCN(C(=O)c3ccco3)CC2)CCNCC1)c1cc([N+](=O)[O-])cc(C(F)(F)F)c1. The molecule has 3 heterocycles. The topological polar surface area (TPSA) is 138 Å². The molecule has 2 aliphatic rings. The number of piperidine rings is 1. The second-order valence-electron chi connectivity index (χ2n) is 8.87. The van der Waals surface area contributed by atoms with E-state index in [0.717, 1.165) is 6.07 Å². The number of nitro benzene ring substituents is 1. The zero-order valence-electron chi connectivity index (χ0n) is 19.5. The number of non-ortho nitro benzene ring substituents is 1. The van der Waals surface area contributed by atoms with Gasteiger partial charge in [0.25, 0.3) is 17.5 Å². The molecule has 0 saturated carbocycles. The van der Waals surface area contributed by atoms with Gasteiger partial charge in [-0.05, 0) is 44.1 Å². The van der Waals surface area contributed by atoms with Crippen molar-refractivity contribution in [2.24, 2.45) is 0 Å². The van der Waals surface area contributed by atoms with Crippen LogP contribution in [0.2, 0.25) is 0 Å². The number of nitro groups is 1. The van der Waals surface area contributed by atoms with Crippen molar-refractivity contribution in [3.8, 4) is 0 Å². The van der Waals surface area contributed by atoms with Crippen molar-refractivity contribution < 1.29 is 36.9 Å². The number of hydrogen-bond acceptors (Lipinski definition) is 7. The van der Waals surface area contributed by atoms with Crippen molar-refractivity contribution in [3.63, 3.8) is 0 Å². The van der Waals surface area contributed by atoms with Crippen LogP contribution < -0.4 is 10.6 Å². The Morgan fingerprint density at radius 3 is 2.27 bits per heavy atom. The maximum atomic E-state index is 13.6. The summed E-state index contributed by atoms with van der Waals surface area (Å²) < 4.78 is 45.0. The third-order valence-electron chi connectivity index (χ3n) is 6.52. The molecule has 0 unspecified atom stereocenters. The predicted molar refractivity (Wildman–Crippen MR) is 122 cm³/mol. The molecule has 0 bridgehead atoms. The summed E-state index contributed by atoms with van der Waals surface area (Å²) in [6.45, 7) is 1.56. The van der Waals surface area contributed by atoms with Crippen LogP contribution in [0.5, 0.6) is 0 Å². The van der Waals surface area contributed by atoms with Crippen LogP contribution in [0.4, 0.5) is 18.9 Å². The highest BCUT2D eigenvalue weighted by molar-refractivity contribution is 6.00. The average Bonchev–Trinajstić information content (AvgIpc) is 3.43. The van der Waals surface area contributed by atoms with Crippen LogP contribution in [0.3, 0.4) is 0 Å². The molecule has 4 rings (SSSR count). The van der Waals surface area contributed by atoms with Gasteiger partial charge in [0.05, 0.1) is 16.7 Å². The molecule has 0 aliphatic carbocycles. The first kappa shape index (κ1) is 26.1. The number of nitrogens with one attached hydrogen (secondary N) is 2. The average molecular weight is 523 g/mol. The highest BCUT2D eigenvalue weighted by atomic mass is 19.4. The van der Waals surface area contributed by atoms with Gasteiger partial charge in [-0.15, -0.1) is 0 Å². The highest BCUT2D eigenvalue weighted by Gasteiger charge is 2.45. The van der Waals surface area contributed by atoms with Crippen molar-refractivity contribution in [3.05, 3.63) is 63.6 Å². The first-order chi connectivity index (χ1) is 17.5. The Morgan fingerprint density at radius 1 is 1.05 bits per heavy atom. The van der Waals surface area contributed by atoms with E-state index in [1.807, 2.05) is 0 Å². The number of nitrogens with zero attached hydrogens (tertiary/aromatic N) is 3. The lowest BCUT2D eigenvalue weighted by atomic mass is 9.86. The second kappa shape index (κ2) is 10.2. The Morgan fingerprint density at radius 2 is 1.70 bits per heavy atom. The molecular weight excluding hydrogens is 499 g/mol. The fraction of sp³-hybridized carbons (Fsp3) is 0.435. The Bertz CT molecular complexity index is 1190. The molecule has 0 radical (unpaired) electrons. The first-order valence-electron chi connectivity index (χ1n) is 11.5. The maximum absolute atomic E-state index is 13.6. The van der Waals surface area contributed by atoms with E-state index in [-0.39, 0.29) is 50.7 Å². The quantitative estimate of drug-likeness (QED) is 0.452. The fourth-order valence-corrected chi connectivity index (χ4v) is 4.52. The van der Waals surface area contributed by atoms with Crippen molar-refractivity contribution in [1.29, 1.82) is 0 Å². The predicted octanol–water partition coefficient (Wildman–Crippen LogP) is 2.04. The number of halogens is 3. The lowest BCUT2D eigenvalue weighted by Crippen LogP contribution is -2.65. The summed E-state index contributed by atoms with van der Waals surface area (Å²) in [5, 5.41) is 16.8. The molecule has 2 fully saturated rings. The van der Waals surface area contributed by atoms with E-state index in [1.54, 1.807) is 6.07 Å². The minimum absolute atomic E-state index is 0.171. The van der Waals surface area contributed by atoms with E-state index >= 15 is 0 Å². The minimum Gasteiger partial charge on any atom is -0.459 e. The van der Waals surface area contributed by atoms with E-state index in [2.05, 4.69) is 10.6 Å². The summed E-state index contributed by atoms with van der Waals surface area (Å²) >= 11 is 0. The number of amides is 3. The van der Waals surface area contributed by atoms with E-state index in [1.165, 1.54) is 22.1 Å². The van der Waals surface area contributed by atoms with E-state index in [4.69, 9.17) is 4.42 Å². The molecule has 198 valence electrons. The van der Waals surface area contributed by atoms with Crippen molar-refractivity contribution in [1.82, 2.24) is 20.4 Å². The fourth-order valence-electron chi connectivity index (χ4n) is 4.52. The molecule has 2 saturated heterocycles. The zero-order chi connectivity index (χ0) is 26.8. The van der Waals surface area contributed by atoms with Gasteiger partial charge in [0.1, 0.15) is 5.54 Å². The molecule has 1 aromatic heterocycles. The molecule has 37 heavy (non-hydrogen) atoms. The number of furan rings is 1. The first-order valence-corrected chi connectivity index (χ1v) is 11.5. The molecule has 1 aromatic carbocycles. The van der Waals surface area contributed by atoms with Crippen LogP contribution in [-0.2, 0) is 11.0 Å². The van der Waals surface area contributed by atoms with Crippen LogP contribution in [0.25, 0.3) is 0 Å². The zero-order valence-corrected chi connectivity index (χ0v) is 19.5. The summed E-state index contributed by atoms with van der Waals surface area (Å²) in [5.74, 6) is -1.57. The third-order valence-corrected chi connectivity index (χ3v) is 6.52. The summed E-state index contributed by atoms with van der Waals surface area (Å²) in [6, 6.07) is 4.77. The van der Waals surface area contributed by atoms with Crippen LogP contribution in [-0.4, -0.2) is 77.3 Å². The minimum atomic E-state index is -4.91. The van der Waals surface area contributed by atoms with E-state index < -0.39 is 45.3 Å². The summed E-state index contributed by atoms with van der Waals surface area (Å²) in [6.07, 6.45) is -3.18. The lowest BCUT2D eigenvalue weighted by Gasteiger charge is -2.43. The number of rotatable bonds is 5. The Kier molecular flexibility index (Phi) is 7.21. The van der Waals surface area contributed by atoms with Gasteiger partial charge in [0, 0.05) is 43.9 Å². The van der Waals surface area contributed by atoms with Gasteiger partial charge in [-0.1, -0.05) is 0 Å². The van der Waals surface area contributed by atoms with Crippen molar-refractivity contribution in [2.45, 2.75) is 24.6 Å². The second-order valence-corrected chi connectivity index (χ2v) is 8.87. The molecule has 2 aliphatic heterocycles. The number of carbonyl (C=O) groups excluding carboxylic acids is 3. The molecule has 14 heteroatoms. The molecule has 0 atom stereocenters. The Hall–Kier alpha value is -3.94. The monoisotopic (exact) mass is 523 g/mol. The maximum Gasteiger partial charge on any atom is 0.416 e. The van der Waals surface area contributed by atoms with Gasteiger partial charge in [-0.2, -0.15) is 13.2 Å². The highest BCUT2D eigenvalue weighted by Crippen LogP contribution is 2.33. The number of alkyl halides is 3.